The molecule has 2 heterocycles. The van der Waals surface area contributed by atoms with Crippen LogP contribution in [-0.2, 0) is 19.1 Å². The normalized spacial score (nSPS) is 9.91. The van der Waals surface area contributed by atoms with Gasteiger partial charge in [0.15, 0.2) is 0 Å². The van der Waals surface area contributed by atoms with Gasteiger partial charge in [0, 0.05) is 13.8 Å². The predicted molar refractivity (Wildman–Crippen MR) is 191 cm³/mol. The maximum atomic E-state index is 11.7. The highest BCUT2D eigenvalue weighted by atomic mass is 127. The molecule has 2 aromatic rings. The fourth-order valence-electron chi connectivity index (χ4n) is 2.69. The summed E-state index contributed by atoms with van der Waals surface area (Å²) in [6.07, 6.45) is 5.12. The molecule has 0 spiro atoms. The van der Waals surface area contributed by atoms with Gasteiger partial charge < -0.3 is 20.1 Å². The number of pyridine rings is 2. The van der Waals surface area contributed by atoms with E-state index in [9.17, 15) is 19.2 Å². The summed E-state index contributed by atoms with van der Waals surface area (Å²) < 4.78 is 10.0. The van der Waals surface area contributed by atoms with Crippen molar-refractivity contribution in [2.75, 3.05) is 24.9 Å². The zero-order valence-corrected chi connectivity index (χ0v) is 31.1. The first-order valence-electron chi connectivity index (χ1n) is 13.1. The molecule has 0 fully saturated rings. The summed E-state index contributed by atoms with van der Waals surface area (Å²) in [5.74, 6) is 2.53. The van der Waals surface area contributed by atoms with E-state index in [4.69, 9.17) is 11.2 Å². The molecule has 0 aromatic carbocycles. The van der Waals surface area contributed by atoms with Crippen molar-refractivity contribution in [3.05, 3.63) is 43.8 Å². The molecule has 13 heteroatoms. The molecular weight excluding hydrogens is 707 g/mol. The minimum atomic E-state index is -1.59. The molecule has 0 aliphatic rings. The van der Waals surface area contributed by atoms with E-state index in [0.717, 1.165) is 0 Å². The van der Waals surface area contributed by atoms with Crippen molar-refractivity contribution in [1.82, 2.24) is 9.97 Å². The summed E-state index contributed by atoms with van der Waals surface area (Å²) in [5.41, 5.74) is 8.24. The van der Waals surface area contributed by atoms with Gasteiger partial charge in [-0.3, -0.25) is 9.59 Å². The van der Waals surface area contributed by atoms with Crippen LogP contribution in [0.3, 0.4) is 0 Å². The van der Waals surface area contributed by atoms with Crippen LogP contribution < -0.4 is 10.6 Å². The lowest BCUT2D eigenvalue weighted by atomic mass is 10.1. The predicted octanol–water partition coefficient (Wildman–Crippen LogP) is 6.24. The lowest BCUT2D eigenvalue weighted by Crippen LogP contribution is -2.17. The van der Waals surface area contributed by atoms with Crippen LogP contribution in [0.5, 0.6) is 0 Å². The van der Waals surface area contributed by atoms with Crippen LogP contribution in [0, 0.1) is 40.8 Å². The van der Waals surface area contributed by atoms with Gasteiger partial charge in [-0.15, -0.1) is 17.5 Å². The molecule has 2 amide bonds. The van der Waals surface area contributed by atoms with Crippen molar-refractivity contribution in [2.45, 2.75) is 74.4 Å². The lowest BCUT2D eigenvalue weighted by molar-refractivity contribution is -0.115. The van der Waals surface area contributed by atoms with Gasteiger partial charge in [-0.2, -0.15) is 0 Å². The van der Waals surface area contributed by atoms with Gasteiger partial charge in [0.25, 0.3) is 0 Å². The molecule has 0 bridgehead atoms. The van der Waals surface area contributed by atoms with Gasteiger partial charge in [0.05, 0.1) is 45.9 Å². The smallest absolute Gasteiger partial charge is 0.339 e. The Bertz CT molecular complexity index is 1460. The average Bonchev–Trinajstić information content (AvgIpc) is 2.88. The fraction of sp³-hybridized carbons (Fsp3) is 0.419. The van der Waals surface area contributed by atoms with Gasteiger partial charge in [-0.1, -0.05) is 52.6 Å². The molecule has 0 aliphatic heterocycles. The highest BCUT2D eigenvalue weighted by Gasteiger charge is 2.17. The van der Waals surface area contributed by atoms with E-state index in [1.54, 1.807) is 26.0 Å². The van der Waals surface area contributed by atoms with Crippen molar-refractivity contribution in [2.24, 2.45) is 0 Å². The molecular formula is C31H45IN4O6Si2. The van der Waals surface area contributed by atoms with Crippen LogP contribution in [0.15, 0.2) is 12.1 Å². The SMILES string of the molecule is C.C#C[Si](C)(C)C.COC(=O)c1cc(C#C[Si](C)(C)C)c(NC(C)=O)nc1C.COC(=O)c1cc(I)c(NC(C)=O)nc1C. The standard InChI is InChI=1S/C15H20N2O3Si.C10H11IN2O3.C5H10Si.CH4/c1-10-13(15(19)20-3)9-12(7-8-21(4,5)6)14(16-10)17-11(2)18;1-5-7(10(15)16-3)4-8(11)9(12-5)13-6(2)14;1-5-6(2,3)4;/h9H,1-6H3,(H,16,17,18);4H,1-3H3,(H,12,13,14);1H,2-4H3;1H4. The van der Waals surface area contributed by atoms with Gasteiger partial charge >= 0.3 is 11.9 Å². The first-order chi connectivity index (χ1) is 19.6. The number of rotatable bonds is 4. The summed E-state index contributed by atoms with van der Waals surface area (Å²) in [4.78, 5) is 53.7. The molecule has 0 radical (unpaired) electrons. The Morgan fingerprint density at radius 3 is 1.55 bits per heavy atom. The lowest BCUT2D eigenvalue weighted by Gasteiger charge is -2.10. The number of hydrogen-bond donors (Lipinski definition) is 2. The summed E-state index contributed by atoms with van der Waals surface area (Å²) in [6, 6.07) is 3.26. The van der Waals surface area contributed by atoms with Gasteiger partial charge in [-0.05, 0) is 48.6 Å². The van der Waals surface area contributed by atoms with Crippen molar-refractivity contribution in [3.63, 3.8) is 0 Å². The number of carbonyl (C=O) groups excluding carboxylic acids is 4. The average molecular weight is 753 g/mol. The van der Waals surface area contributed by atoms with Crippen LogP contribution in [0.25, 0.3) is 0 Å². The number of anilines is 2. The molecule has 0 saturated heterocycles. The largest absolute Gasteiger partial charge is 0.465 e. The summed E-state index contributed by atoms with van der Waals surface area (Å²) >= 11 is 2.00. The molecule has 0 atom stereocenters. The van der Waals surface area contributed by atoms with E-state index in [2.05, 4.69) is 81.6 Å². The molecule has 2 rings (SSSR count). The number of carbonyl (C=O) groups is 4. The van der Waals surface area contributed by atoms with Crippen molar-refractivity contribution in [3.8, 4) is 23.4 Å². The Balaban J connectivity index is 0. The number of amides is 2. The quantitative estimate of drug-likeness (QED) is 0.162. The third-order valence-corrected chi connectivity index (χ3v) is 7.35. The van der Waals surface area contributed by atoms with Gasteiger partial charge in [0.1, 0.15) is 27.8 Å². The molecule has 10 nitrogen and oxygen atoms in total. The maximum Gasteiger partial charge on any atom is 0.339 e. The van der Waals surface area contributed by atoms with Crippen LogP contribution in [0.1, 0.15) is 58.9 Å². The highest BCUT2D eigenvalue weighted by molar-refractivity contribution is 14.1. The molecule has 2 N–H and O–H groups in total. The number of nitrogens with zero attached hydrogens (tertiary/aromatic N) is 2. The first-order valence-corrected chi connectivity index (χ1v) is 21.1. The van der Waals surface area contributed by atoms with E-state index >= 15 is 0 Å². The van der Waals surface area contributed by atoms with Crippen LogP contribution >= 0.6 is 22.6 Å². The number of aryl methyl sites for hydroxylation is 2. The van der Waals surface area contributed by atoms with Crippen LogP contribution in [-0.4, -0.2) is 64.1 Å². The number of ether oxygens (including phenoxy) is 2. The van der Waals surface area contributed by atoms with E-state index in [0.29, 0.717) is 43.3 Å². The molecule has 0 aliphatic carbocycles. The minimum absolute atomic E-state index is 0. The Morgan fingerprint density at radius 1 is 0.795 bits per heavy atom. The van der Waals surface area contributed by atoms with Crippen LogP contribution in [0.2, 0.25) is 39.3 Å². The first kappa shape index (κ1) is 42.6. The van der Waals surface area contributed by atoms with E-state index in [1.807, 2.05) is 22.6 Å². The Morgan fingerprint density at radius 2 is 1.18 bits per heavy atom. The monoisotopic (exact) mass is 752 g/mol. The number of terminal acetylenes is 1. The third kappa shape index (κ3) is 16.3. The summed E-state index contributed by atoms with van der Waals surface area (Å²) in [7, 11) is -0.0583. The number of halogens is 1. The van der Waals surface area contributed by atoms with Crippen LogP contribution in [0.4, 0.5) is 11.6 Å². The van der Waals surface area contributed by atoms with E-state index in [-0.39, 0.29) is 19.2 Å². The number of aromatic nitrogens is 2. The van der Waals surface area contributed by atoms with Crippen molar-refractivity contribution >= 4 is 74.1 Å². The molecule has 0 saturated carbocycles. The Labute approximate surface area is 278 Å². The number of methoxy groups -OCH3 is 2. The number of esters is 2. The summed E-state index contributed by atoms with van der Waals surface area (Å²) in [5, 5.41) is 5.23. The van der Waals surface area contributed by atoms with Gasteiger partial charge in [-0.25, -0.2) is 19.6 Å². The molecule has 2 aromatic heterocycles. The summed E-state index contributed by atoms with van der Waals surface area (Å²) in [6.45, 7) is 19.0. The highest BCUT2D eigenvalue weighted by Crippen LogP contribution is 2.20. The maximum absolute atomic E-state index is 11.7. The van der Waals surface area contributed by atoms with Gasteiger partial charge in [0.2, 0.25) is 11.8 Å². The zero-order valence-electron chi connectivity index (χ0n) is 27.0. The van der Waals surface area contributed by atoms with E-state index in [1.165, 1.54) is 28.1 Å². The van der Waals surface area contributed by atoms with Crippen molar-refractivity contribution in [1.29, 1.82) is 0 Å². The number of hydrogen-bond acceptors (Lipinski definition) is 8. The Kier molecular flexibility index (Phi) is 18.4. The second kappa shape index (κ2) is 19.0. The zero-order chi connectivity index (χ0) is 33.7. The third-order valence-electron chi connectivity index (χ3n) is 4.78. The molecule has 0 unspecified atom stereocenters. The second-order valence-corrected chi connectivity index (χ2v) is 21.9. The fourth-order valence-corrected chi connectivity index (χ4v) is 3.76. The van der Waals surface area contributed by atoms with Crippen molar-refractivity contribution < 1.29 is 28.7 Å². The minimum Gasteiger partial charge on any atom is -0.465 e. The number of nitrogens with one attached hydrogen (secondary N) is 2. The second-order valence-electron chi connectivity index (χ2n) is 11.2. The Hall–Kier alpha value is -3.54. The molecule has 240 valence electrons. The molecule has 44 heavy (non-hydrogen) atoms. The topological polar surface area (TPSA) is 137 Å². The van der Waals surface area contributed by atoms with E-state index < -0.39 is 28.1 Å².